The molecule has 1 aliphatic heterocycles. The summed E-state index contributed by atoms with van der Waals surface area (Å²) in [6, 6.07) is 1.78. The first kappa shape index (κ1) is 13.0. The van der Waals surface area contributed by atoms with Crippen LogP contribution in [0.3, 0.4) is 0 Å². The second kappa shape index (κ2) is 5.48. The van der Waals surface area contributed by atoms with E-state index in [1.54, 1.807) is 4.90 Å². The highest BCUT2D eigenvalue weighted by Gasteiger charge is 2.32. The minimum atomic E-state index is -0.0820. The molecule has 0 spiro atoms. The maximum Gasteiger partial charge on any atom is 0.322 e. The minimum absolute atomic E-state index is 0.0820. The Morgan fingerprint density at radius 2 is 2.50 bits per heavy atom. The number of hydrogen-bond donors (Lipinski definition) is 2. The lowest BCUT2D eigenvalue weighted by Gasteiger charge is -2.15. The molecule has 0 aromatic carbocycles. The van der Waals surface area contributed by atoms with Gasteiger partial charge >= 0.3 is 6.03 Å². The predicted molar refractivity (Wildman–Crippen MR) is 73.5 cm³/mol. The fourth-order valence-corrected chi connectivity index (χ4v) is 2.94. The Morgan fingerprint density at radius 1 is 1.72 bits per heavy atom. The van der Waals surface area contributed by atoms with Crippen molar-refractivity contribution >= 4 is 28.8 Å². The molecule has 0 aliphatic carbocycles. The van der Waals surface area contributed by atoms with Gasteiger partial charge < -0.3 is 10.3 Å². The molecule has 1 fully saturated rings. The lowest BCUT2D eigenvalue weighted by Crippen LogP contribution is -2.33. The third-order valence-electron chi connectivity index (χ3n) is 3.38. The Balaban J connectivity index is 1.96. The molecule has 0 bridgehead atoms. The maximum atomic E-state index is 12.1. The summed E-state index contributed by atoms with van der Waals surface area (Å²) in [5.74, 6) is 0.611. The van der Waals surface area contributed by atoms with Crippen LogP contribution in [-0.2, 0) is 0 Å². The normalized spacial score (nSPS) is 23.1. The zero-order chi connectivity index (χ0) is 13.1. The first-order chi connectivity index (χ1) is 8.63. The maximum absolute atomic E-state index is 12.1. The summed E-state index contributed by atoms with van der Waals surface area (Å²) in [4.78, 5) is 13.9. The number of rotatable bonds is 3. The highest BCUT2D eigenvalue weighted by atomic mass is 32.1. The van der Waals surface area contributed by atoms with Gasteiger partial charge in [-0.1, -0.05) is 13.3 Å². The first-order valence-corrected chi connectivity index (χ1v) is 6.91. The van der Waals surface area contributed by atoms with E-state index in [4.69, 9.17) is 5.41 Å². The fourth-order valence-electron chi connectivity index (χ4n) is 2.29. The smallest absolute Gasteiger partial charge is 0.322 e. The Bertz CT molecular complexity index is 445. The number of likely N-dealkylation sites (tertiary alicyclic amines) is 1. The molecule has 5 nitrogen and oxygen atoms in total. The number of nitrogens with zero attached hydrogens (tertiary/aromatic N) is 2. The van der Waals surface area contributed by atoms with Gasteiger partial charge in [-0.05, 0) is 30.4 Å². The molecule has 2 amide bonds. The lowest BCUT2D eigenvalue weighted by atomic mass is 9.95. The van der Waals surface area contributed by atoms with Gasteiger partial charge in [-0.15, -0.1) is 0 Å². The summed E-state index contributed by atoms with van der Waals surface area (Å²) in [5, 5.41) is 11.0. The van der Waals surface area contributed by atoms with Gasteiger partial charge in [0.2, 0.25) is 0 Å². The van der Waals surface area contributed by atoms with Gasteiger partial charge in [-0.25, -0.2) is 4.79 Å². The summed E-state index contributed by atoms with van der Waals surface area (Å²) in [5.41, 5.74) is 0.917. The molecule has 2 unspecified atom stereocenters. The minimum Gasteiger partial charge on any atom is -0.324 e. The van der Waals surface area contributed by atoms with Gasteiger partial charge in [0, 0.05) is 25.2 Å². The molecule has 98 valence electrons. The van der Waals surface area contributed by atoms with Crippen molar-refractivity contribution in [3.05, 3.63) is 11.8 Å². The van der Waals surface area contributed by atoms with E-state index in [1.807, 2.05) is 13.0 Å². The van der Waals surface area contributed by atoms with Gasteiger partial charge in [-0.3, -0.25) is 5.32 Å². The summed E-state index contributed by atoms with van der Waals surface area (Å²) in [7, 11) is 0. The van der Waals surface area contributed by atoms with E-state index in [-0.39, 0.29) is 11.9 Å². The van der Waals surface area contributed by atoms with Crippen molar-refractivity contribution in [2.24, 2.45) is 11.8 Å². The van der Waals surface area contributed by atoms with Crippen molar-refractivity contribution < 1.29 is 4.79 Å². The number of amides is 2. The second-order valence-corrected chi connectivity index (χ2v) is 5.47. The molecule has 0 saturated carbocycles. The van der Waals surface area contributed by atoms with E-state index in [2.05, 4.69) is 16.6 Å². The van der Waals surface area contributed by atoms with E-state index in [0.717, 1.165) is 23.7 Å². The third kappa shape index (κ3) is 2.69. The quantitative estimate of drug-likeness (QED) is 0.826. The number of aryl methyl sites for hydroxylation is 1. The van der Waals surface area contributed by atoms with Crippen LogP contribution in [-0.4, -0.2) is 34.6 Å². The van der Waals surface area contributed by atoms with E-state index in [9.17, 15) is 4.79 Å². The zero-order valence-corrected chi connectivity index (χ0v) is 11.5. The molecule has 1 saturated heterocycles. The van der Waals surface area contributed by atoms with Crippen molar-refractivity contribution in [1.29, 1.82) is 5.41 Å². The number of urea groups is 1. The fraction of sp³-hybridized carbons (Fsp3) is 0.583. The molecule has 2 heterocycles. The van der Waals surface area contributed by atoms with Crippen molar-refractivity contribution in [2.75, 3.05) is 18.4 Å². The Kier molecular flexibility index (Phi) is 3.96. The highest BCUT2D eigenvalue weighted by molar-refractivity contribution is 7.10. The first-order valence-electron chi connectivity index (χ1n) is 6.14. The average Bonchev–Trinajstić information content (AvgIpc) is 2.95. The van der Waals surface area contributed by atoms with E-state index >= 15 is 0 Å². The van der Waals surface area contributed by atoms with Crippen molar-refractivity contribution in [1.82, 2.24) is 9.27 Å². The predicted octanol–water partition coefficient (Wildman–Crippen LogP) is 2.59. The number of aromatic nitrogens is 1. The number of anilines is 1. The topological polar surface area (TPSA) is 69.1 Å². The summed E-state index contributed by atoms with van der Waals surface area (Å²) < 4.78 is 4.13. The molecule has 6 heteroatoms. The summed E-state index contributed by atoms with van der Waals surface area (Å²) >= 11 is 1.30. The number of carbonyl (C=O) groups excluding carboxylic acids is 1. The van der Waals surface area contributed by atoms with E-state index < -0.39 is 0 Å². The summed E-state index contributed by atoms with van der Waals surface area (Å²) in [6.45, 7) is 5.39. The molecule has 18 heavy (non-hydrogen) atoms. The Hall–Kier alpha value is -1.43. The van der Waals surface area contributed by atoms with Gasteiger partial charge in [-0.2, -0.15) is 4.37 Å². The van der Waals surface area contributed by atoms with Gasteiger partial charge in [0.15, 0.2) is 0 Å². The van der Waals surface area contributed by atoms with Crippen molar-refractivity contribution in [2.45, 2.75) is 20.3 Å². The highest BCUT2D eigenvalue weighted by Crippen LogP contribution is 2.25. The largest absolute Gasteiger partial charge is 0.324 e. The number of carbonyl (C=O) groups is 1. The molecule has 1 aliphatic rings. The molecule has 2 N–H and O–H groups in total. The lowest BCUT2D eigenvalue weighted by molar-refractivity contribution is 0.220. The van der Waals surface area contributed by atoms with E-state index in [1.165, 1.54) is 17.7 Å². The molecule has 1 aromatic rings. The Morgan fingerprint density at radius 3 is 3.00 bits per heavy atom. The molecule has 0 radical (unpaired) electrons. The van der Waals surface area contributed by atoms with Crippen molar-refractivity contribution in [3.63, 3.8) is 0 Å². The van der Waals surface area contributed by atoms with Gasteiger partial charge in [0.25, 0.3) is 0 Å². The van der Waals surface area contributed by atoms with Crippen LogP contribution in [0.5, 0.6) is 0 Å². The van der Waals surface area contributed by atoms with Crippen LogP contribution in [0.4, 0.5) is 9.80 Å². The summed E-state index contributed by atoms with van der Waals surface area (Å²) in [6.07, 6.45) is 2.47. The van der Waals surface area contributed by atoms with Gasteiger partial charge in [0.1, 0.15) is 5.00 Å². The Labute approximate surface area is 111 Å². The van der Waals surface area contributed by atoms with Crippen LogP contribution < -0.4 is 5.32 Å². The number of hydrogen-bond acceptors (Lipinski definition) is 4. The van der Waals surface area contributed by atoms with Crippen LogP contribution in [0, 0.1) is 24.2 Å². The average molecular weight is 266 g/mol. The molecule has 1 aromatic heterocycles. The second-order valence-electron chi connectivity index (χ2n) is 4.67. The van der Waals surface area contributed by atoms with E-state index in [0.29, 0.717) is 12.5 Å². The van der Waals surface area contributed by atoms with Gasteiger partial charge in [0.05, 0.1) is 5.69 Å². The number of nitrogens with one attached hydrogen (secondary N) is 2. The molecular weight excluding hydrogens is 248 g/mol. The van der Waals surface area contributed by atoms with Crippen LogP contribution in [0.25, 0.3) is 0 Å². The van der Waals surface area contributed by atoms with Crippen LogP contribution in [0.2, 0.25) is 0 Å². The zero-order valence-electron chi connectivity index (χ0n) is 10.6. The SMILES string of the molecule is CCC1CN(C(=O)Nc2cc(C)ns2)CC1C=N. The third-order valence-corrected chi connectivity index (χ3v) is 4.17. The molecule has 2 atom stereocenters. The van der Waals surface area contributed by atoms with Crippen molar-refractivity contribution in [3.8, 4) is 0 Å². The molecular formula is C12H18N4OS. The van der Waals surface area contributed by atoms with Crippen LogP contribution in [0.1, 0.15) is 19.0 Å². The van der Waals surface area contributed by atoms with Crippen LogP contribution in [0.15, 0.2) is 6.07 Å². The molecule has 2 rings (SSSR count). The monoisotopic (exact) mass is 266 g/mol. The van der Waals surface area contributed by atoms with Crippen LogP contribution >= 0.6 is 11.5 Å². The standard InChI is InChI=1S/C12H18N4OS/c1-3-9-6-16(7-10(9)5-13)12(17)14-11-4-8(2)15-18-11/h4-5,9-10,13H,3,6-7H2,1-2H3,(H,14,17).